The Bertz CT molecular complexity index is 631. The molecule has 1 atom stereocenters. The summed E-state index contributed by atoms with van der Waals surface area (Å²) in [6, 6.07) is 10.5. The molecule has 1 heterocycles. The second-order valence-corrected chi connectivity index (χ2v) is 6.53. The first-order valence-corrected chi connectivity index (χ1v) is 7.65. The maximum absolute atomic E-state index is 12.1. The molecule has 0 aliphatic heterocycles. The normalized spacial score (nSPS) is 11.9. The summed E-state index contributed by atoms with van der Waals surface area (Å²) in [6.45, 7) is 3.50. The predicted molar refractivity (Wildman–Crippen MR) is 82.4 cm³/mol. The van der Waals surface area contributed by atoms with Crippen LogP contribution in [0.2, 0.25) is 0 Å². The van der Waals surface area contributed by atoms with Gasteiger partial charge < -0.3 is 4.74 Å². The summed E-state index contributed by atoms with van der Waals surface area (Å²) in [4.78, 5) is 25.6. The molecule has 5 heteroatoms. The molecule has 0 saturated heterocycles. The Morgan fingerprint density at radius 2 is 1.80 bits per heavy atom. The molecule has 0 spiro atoms. The zero-order valence-corrected chi connectivity index (χ0v) is 13.5. The molecule has 0 unspecified atom stereocenters. The van der Waals surface area contributed by atoms with Crippen LogP contribution in [0.1, 0.15) is 31.8 Å². The van der Waals surface area contributed by atoms with E-state index in [1.807, 2.05) is 13.0 Å². The Hall–Kier alpha value is -1.46. The van der Waals surface area contributed by atoms with Gasteiger partial charge in [-0.25, -0.2) is 4.79 Å². The van der Waals surface area contributed by atoms with Crippen LogP contribution in [0.4, 0.5) is 0 Å². The topological polar surface area (TPSA) is 43.4 Å². The van der Waals surface area contributed by atoms with Gasteiger partial charge in [0.1, 0.15) is 4.88 Å². The lowest BCUT2D eigenvalue weighted by Gasteiger charge is -2.11. The van der Waals surface area contributed by atoms with E-state index in [0.29, 0.717) is 10.4 Å². The molecule has 104 valence electrons. The van der Waals surface area contributed by atoms with Crippen LogP contribution in [0.25, 0.3) is 0 Å². The largest absolute Gasteiger partial charge is 0.450 e. The Labute approximate surface area is 129 Å². The van der Waals surface area contributed by atoms with Crippen molar-refractivity contribution in [2.45, 2.75) is 20.0 Å². The molecule has 0 fully saturated rings. The highest BCUT2D eigenvalue weighted by Gasteiger charge is 2.21. The van der Waals surface area contributed by atoms with Crippen LogP contribution in [0.5, 0.6) is 0 Å². The molecule has 0 radical (unpaired) electrons. The minimum Gasteiger partial charge on any atom is -0.450 e. The first-order chi connectivity index (χ1) is 9.47. The number of carbonyl (C=O) groups excluding carboxylic acids is 2. The van der Waals surface area contributed by atoms with Crippen molar-refractivity contribution in [1.29, 1.82) is 0 Å². The van der Waals surface area contributed by atoms with Crippen molar-refractivity contribution in [2.24, 2.45) is 0 Å². The predicted octanol–water partition coefficient (Wildman–Crippen LogP) is 4.25. The monoisotopic (exact) mass is 352 g/mol. The molecule has 0 aliphatic rings. The van der Waals surface area contributed by atoms with E-state index in [1.165, 1.54) is 11.3 Å². The van der Waals surface area contributed by atoms with Gasteiger partial charge in [0.15, 0.2) is 6.10 Å². The number of rotatable bonds is 4. The number of hydrogen-bond acceptors (Lipinski definition) is 4. The quantitative estimate of drug-likeness (QED) is 0.610. The van der Waals surface area contributed by atoms with Crippen molar-refractivity contribution in [1.82, 2.24) is 0 Å². The van der Waals surface area contributed by atoms with Crippen molar-refractivity contribution in [2.75, 3.05) is 0 Å². The minimum absolute atomic E-state index is 0.209. The molecule has 0 bridgehead atoms. The highest BCUT2D eigenvalue weighted by molar-refractivity contribution is 9.10. The molecule has 0 amide bonds. The number of benzene rings is 1. The van der Waals surface area contributed by atoms with E-state index in [-0.39, 0.29) is 5.78 Å². The van der Waals surface area contributed by atoms with E-state index in [9.17, 15) is 9.59 Å². The molecule has 2 rings (SSSR count). The molecule has 1 aromatic heterocycles. The summed E-state index contributed by atoms with van der Waals surface area (Å²) in [6.07, 6.45) is -0.800. The molecule has 0 aliphatic carbocycles. The van der Waals surface area contributed by atoms with Gasteiger partial charge in [0.2, 0.25) is 5.78 Å². The number of hydrogen-bond donors (Lipinski definition) is 0. The van der Waals surface area contributed by atoms with E-state index in [2.05, 4.69) is 15.9 Å². The maximum atomic E-state index is 12.1. The molecule has 3 nitrogen and oxygen atoms in total. The van der Waals surface area contributed by atoms with Crippen molar-refractivity contribution in [3.05, 3.63) is 56.2 Å². The first-order valence-electron chi connectivity index (χ1n) is 6.04. The first kappa shape index (κ1) is 14.9. The number of aryl methyl sites for hydroxylation is 1. The number of Topliss-reactive ketones (excluding diaryl/α,β-unsaturated/α-hetero) is 1. The Morgan fingerprint density at radius 3 is 2.35 bits per heavy atom. The van der Waals surface area contributed by atoms with E-state index >= 15 is 0 Å². The van der Waals surface area contributed by atoms with Crippen LogP contribution >= 0.6 is 27.3 Å². The molecular formula is C15H13BrO3S. The Morgan fingerprint density at radius 1 is 1.15 bits per heavy atom. The molecule has 20 heavy (non-hydrogen) atoms. The molecule has 2 aromatic rings. The van der Waals surface area contributed by atoms with Gasteiger partial charge in [0.05, 0.1) is 0 Å². The SMILES string of the molecule is Cc1ccc(C(=O)O[C@H](C)C(=O)c2ccc(Br)cc2)s1. The molecule has 0 N–H and O–H groups in total. The summed E-state index contributed by atoms with van der Waals surface area (Å²) in [5, 5.41) is 0. The summed E-state index contributed by atoms with van der Waals surface area (Å²) in [5.41, 5.74) is 0.524. The second-order valence-electron chi connectivity index (χ2n) is 4.33. The van der Waals surface area contributed by atoms with Crippen LogP contribution in [-0.2, 0) is 4.74 Å². The number of ether oxygens (including phenoxy) is 1. The van der Waals surface area contributed by atoms with Crippen LogP contribution in [0, 0.1) is 6.92 Å². The third-order valence-corrected chi connectivity index (χ3v) is 4.23. The van der Waals surface area contributed by atoms with Gasteiger partial charge in [-0.2, -0.15) is 0 Å². The number of halogens is 1. The lowest BCUT2D eigenvalue weighted by Crippen LogP contribution is -2.24. The molecule has 0 saturated carbocycles. The van der Waals surface area contributed by atoms with Crippen LogP contribution < -0.4 is 0 Å². The number of ketones is 1. The number of thiophene rings is 1. The van der Waals surface area contributed by atoms with Gasteiger partial charge in [-0.15, -0.1) is 11.3 Å². The van der Waals surface area contributed by atoms with Crippen LogP contribution in [-0.4, -0.2) is 17.9 Å². The van der Waals surface area contributed by atoms with Gasteiger partial charge in [-0.1, -0.05) is 28.1 Å². The number of carbonyl (C=O) groups is 2. The third kappa shape index (κ3) is 3.55. The minimum atomic E-state index is -0.800. The lowest BCUT2D eigenvalue weighted by molar-refractivity contribution is 0.0323. The van der Waals surface area contributed by atoms with E-state index in [1.54, 1.807) is 37.3 Å². The standard InChI is InChI=1S/C15H13BrO3S/c1-9-3-8-13(20-9)15(18)19-10(2)14(17)11-4-6-12(16)7-5-11/h3-8,10H,1-2H3/t10-/m1/s1. The summed E-state index contributed by atoms with van der Waals surface area (Å²) in [5.74, 6) is -0.666. The van der Waals surface area contributed by atoms with E-state index in [4.69, 9.17) is 4.74 Å². The molecule has 1 aromatic carbocycles. The summed E-state index contributed by atoms with van der Waals surface area (Å²) >= 11 is 4.66. The summed E-state index contributed by atoms with van der Waals surface area (Å²) < 4.78 is 6.10. The lowest BCUT2D eigenvalue weighted by atomic mass is 10.1. The fraction of sp³-hybridized carbons (Fsp3) is 0.200. The smallest absolute Gasteiger partial charge is 0.349 e. The zero-order valence-electron chi connectivity index (χ0n) is 11.1. The van der Waals surface area contributed by atoms with Gasteiger partial charge in [-0.3, -0.25) is 4.79 Å². The van der Waals surface area contributed by atoms with Gasteiger partial charge >= 0.3 is 5.97 Å². The maximum Gasteiger partial charge on any atom is 0.349 e. The van der Waals surface area contributed by atoms with E-state index < -0.39 is 12.1 Å². The van der Waals surface area contributed by atoms with Gasteiger partial charge in [0.25, 0.3) is 0 Å². The fourth-order valence-corrected chi connectivity index (χ4v) is 2.68. The fourth-order valence-electron chi connectivity index (χ4n) is 1.67. The third-order valence-electron chi connectivity index (χ3n) is 2.72. The van der Waals surface area contributed by atoms with Crippen molar-refractivity contribution >= 4 is 39.0 Å². The number of esters is 1. The average Bonchev–Trinajstić information content (AvgIpc) is 2.85. The Balaban J connectivity index is 2.04. The summed E-state index contributed by atoms with van der Waals surface area (Å²) in [7, 11) is 0. The molecular weight excluding hydrogens is 340 g/mol. The highest BCUT2D eigenvalue weighted by atomic mass is 79.9. The average molecular weight is 353 g/mol. The zero-order chi connectivity index (χ0) is 14.7. The second kappa shape index (κ2) is 6.33. The van der Waals surface area contributed by atoms with Crippen molar-refractivity contribution < 1.29 is 14.3 Å². The van der Waals surface area contributed by atoms with Gasteiger partial charge in [-0.05, 0) is 38.1 Å². The Kier molecular flexibility index (Phi) is 4.73. The van der Waals surface area contributed by atoms with Crippen molar-refractivity contribution in [3.8, 4) is 0 Å². The van der Waals surface area contributed by atoms with Crippen LogP contribution in [0.15, 0.2) is 40.9 Å². The van der Waals surface area contributed by atoms with E-state index in [0.717, 1.165) is 9.35 Å². The highest BCUT2D eigenvalue weighted by Crippen LogP contribution is 2.18. The van der Waals surface area contributed by atoms with Crippen LogP contribution in [0.3, 0.4) is 0 Å². The van der Waals surface area contributed by atoms with Gasteiger partial charge in [0, 0.05) is 14.9 Å². The van der Waals surface area contributed by atoms with Crippen molar-refractivity contribution in [3.63, 3.8) is 0 Å².